The van der Waals surface area contributed by atoms with Crippen molar-refractivity contribution < 1.29 is 27.4 Å². The second-order valence-electron chi connectivity index (χ2n) is 5.25. The highest BCUT2D eigenvalue weighted by Gasteiger charge is 2.28. The van der Waals surface area contributed by atoms with Gasteiger partial charge < -0.3 is 19.7 Å². The van der Waals surface area contributed by atoms with Crippen LogP contribution in [-0.4, -0.2) is 68.0 Å². The molecule has 1 amide bonds. The molecule has 1 fully saturated rings. The molecular formula is C14H18F3N3O3. The van der Waals surface area contributed by atoms with Crippen LogP contribution in [0, 0.1) is 0 Å². The van der Waals surface area contributed by atoms with Gasteiger partial charge in [0.1, 0.15) is 0 Å². The summed E-state index contributed by atoms with van der Waals surface area (Å²) in [6, 6.07) is 2.59. The summed E-state index contributed by atoms with van der Waals surface area (Å²) in [6.07, 6.45) is -3.33. The Hall–Kier alpha value is -1.87. The van der Waals surface area contributed by atoms with E-state index in [1.165, 1.54) is 18.3 Å². The quantitative estimate of drug-likeness (QED) is 0.874. The lowest BCUT2D eigenvalue weighted by Gasteiger charge is -2.30. The Labute approximate surface area is 131 Å². The van der Waals surface area contributed by atoms with Crippen LogP contribution in [0.5, 0.6) is 5.88 Å². The number of aromatic nitrogens is 1. The first-order valence-electron chi connectivity index (χ1n) is 7.07. The first-order valence-corrected chi connectivity index (χ1v) is 7.07. The van der Waals surface area contributed by atoms with E-state index in [9.17, 15) is 18.0 Å². The summed E-state index contributed by atoms with van der Waals surface area (Å²) in [4.78, 5) is 17.7. The van der Waals surface area contributed by atoms with Crippen LogP contribution in [0.2, 0.25) is 0 Å². The molecule has 9 heteroatoms. The summed E-state index contributed by atoms with van der Waals surface area (Å²) in [5.41, 5.74) is 0.244. The highest BCUT2D eigenvalue weighted by atomic mass is 19.4. The molecule has 0 bridgehead atoms. The molecule has 0 aliphatic carbocycles. The lowest BCUT2D eigenvalue weighted by molar-refractivity contribution is -0.154. The number of rotatable bonds is 5. The molecule has 0 spiro atoms. The molecule has 0 radical (unpaired) electrons. The molecule has 0 unspecified atom stereocenters. The minimum atomic E-state index is -4.43. The van der Waals surface area contributed by atoms with Crippen LogP contribution in [0.25, 0.3) is 0 Å². The average Bonchev–Trinajstić information content (AvgIpc) is 2.50. The van der Waals surface area contributed by atoms with Crippen LogP contribution < -0.4 is 10.1 Å². The van der Waals surface area contributed by atoms with E-state index < -0.39 is 12.8 Å². The Morgan fingerprint density at radius 1 is 1.52 bits per heavy atom. The van der Waals surface area contributed by atoms with E-state index in [4.69, 9.17) is 4.74 Å². The second-order valence-corrected chi connectivity index (χ2v) is 5.25. The minimum Gasteiger partial charge on any atom is -0.468 e. The maximum absolute atomic E-state index is 12.0. The van der Waals surface area contributed by atoms with Crippen LogP contribution in [0.1, 0.15) is 10.4 Å². The number of hydrogen-bond donors (Lipinski definition) is 1. The van der Waals surface area contributed by atoms with E-state index in [1.807, 2.05) is 7.05 Å². The number of alkyl halides is 3. The molecule has 1 atom stereocenters. The Bertz CT molecular complexity index is 522. The van der Waals surface area contributed by atoms with Gasteiger partial charge >= 0.3 is 6.18 Å². The molecule has 6 nitrogen and oxygen atoms in total. The number of nitrogens with zero attached hydrogens (tertiary/aromatic N) is 2. The van der Waals surface area contributed by atoms with Gasteiger partial charge in [0.2, 0.25) is 5.88 Å². The van der Waals surface area contributed by atoms with Gasteiger partial charge in [0.25, 0.3) is 5.91 Å². The van der Waals surface area contributed by atoms with Crippen molar-refractivity contribution in [3.8, 4) is 5.88 Å². The molecule has 0 aromatic carbocycles. The van der Waals surface area contributed by atoms with Crippen molar-refractivity contribution >= 4 is 5.91 Å². The SMILES string of the molecule is CN1CCO[C@H](CNC(=O)c2ccc(OCC(F)(F)F)nc2)C1. The third kappa shape index (κ3) is 6.03. The molecule has 23 heavy (non-hydrogen) atoms. The Morgan fingerprint density at radius 2 is 2.30 bits per heavy atom. The Kier molecular flexibility index (Phi) is 5.78. The second kappa shape index (κ2) is 7.60. The van der Waals surface area contributed by atoms with E-state index in [1.54, 1.807) is 0 Å². The summed E-state index contributed by atoms with van der Waals surface area (Å²) in [7, 11) is 1.97. The predicted molar refractivity (Wildman–Crippen MR) is 75.4 cm³/mol. The zero-order valence-electron chi connectivity index (χ0n) is 12.6. The number of halogens is 3. The lowest BCUT2D eigenvalue weighted by Crippen LogP contribution is -2.45. The average molecular weight is 333 g/mol. The van der Waals surface area contributed by atoms with Gasteiger partial charge in [-0.3, -0.25) is 4.79 Å². The van der Waals surface area contributed by atoms with Crippen molar-refractivity contribution in [1.29, 1.82) is 0 Å². The summed E-state index contributed by atoms with van der Waals surface area (Å²) in [5.74, 6) is -0.548. The molecule has 2 rings (SSSR count). The maximum atomic E-state index is 12.0. The maximum Gasteiger partial charge on any atom is 0.422 e. The van der Waals surface area contributed by atoms with Gasteiger partial charge in [-0.25, -0.2) is 4.98 Å². The summed E-state index contributed by atoms with van der Waals surface area (Å²) >= 11 is 0. The van der Waals surface area contributed by atoms with Crippen LogP contribution in [0.4, 0.5) is 13.2 Å². The standard InChI is InChI=1S/C14H18F3N3O3/c1-20-4-5-22-11(8-20)7-19-13(21)10-2-3-12(18-6-10)23-9-14(15,16)17/h2-3,6,11H,4-5,7-9H2,1H3,(H,19,21)/t11-/m1/s1. The van der Waals surface area contributed by atoms with E-state index in [2.05, 4.69) is 19.9 Å². The molecule has 2 heterocycles. The van der Waals surface area contributed by atoms with Crippen LogP contribution >= 0.6 is 0 Å². The first-order chi connectivity index (χ1) is 10.8. The van der Waals surface area contributed by atoms with Crippen LogP contribution in [-0.2, 0) is 4.74 Å². The van der Waals surface area contributed by atoms with Gasteiger partial charge in [-0.1, -0.05) is 0 Å². The monoisotopic (exact) mass is 333 g/mol. The van der Waals surface area contributed by atoms with Gasteiger partial charge in [0, 0.05) is 31.9 Å². The third-order valence-electron chi connectivity index (χ3n) is 3.21. The Balaban J connectivity index is 1.80. The molecular weight excluding hydrogens is 315 g/mol. The topological polar surface area (TPSA) is 63.7 Å². The van der Waals surface area contributed by atoms with E-state index in [-0.39, 0.29) is 23.5 Å². The summed E-state index contributed by atoms with van der Waals surface area (Å²) in [6.45, 7) is 1.13. The van der Waals surface area contributed by atoms with Gasteiger partial charge in [-0.2, -0.15) is 13.2 Å². The van der Waals surface area contributed by atoms with Gasteiger partial charge in [0.05, 0.1) is 18.3 Å². The molecule has 1 aromatic rings. The molecule has 1 saturated heterocycles. The fraction of sp³-hybridized carbons (Fsp3) is 0.571. The number of pyridine rings is 1. The number of ether oxygens (including phenoxy) is 2. The van der Waals surface area contributed by atoms with Crippen LogP contribution in [0.15, 0.2) is 18.3 Å². The number of carbonyl (C=O) groups is 1. The minimum absolute atomic E-state index is 0.0833. The molecule has 1 aliphatic heterocycles. The van der Waals surface area contributed by atoms with Crippen molar-refractivity contribution in [1.82, 2.24) is 15.2 Å². The van der Waals surface area contributed by atoms with E-state index in [0.717, 1.165) is 13.1 Å². The van der Waals surface area contributed by atoms with Crippen molar-refractivity contribution in [2.24, 2.45) is 0 Å². The number of likely N-dealkylation sites (N-methyl/N-ethyl adjacent to an activating group) is 1. The summed E-state index contributed by atoms with van der Waals surface area (Å²) < 4.78 is 46.1. The predicted octanol–water partition coefficient (Wildman–Crippen LogP) is 1.08. The first kappa shape index (κ1) is 17.5. The highest BCUT2D eigenvalue weighted by Crippen LogP contribution is 2.17. The zero-order valence-corrected chi connectivity index (χ0v) is 12.6. The largest absolute Gasteiger partial charge is 0.468 e. The normalized spacial score (nSPS) is 19.4. The number of carbonyl (C=O) groups excluding carboxylic acids is 1. The third-order valence-corrected chi connectivity index (χ3v) is 3.21. The van der Waals surface area contributed by atoms with Crippen molar-refractivity contribution in [2.75, 3.05) is 39.9 Å². The number of morpholine rings is 1. The van der Waals surface area contributed by atoms with Crippen molar-refractivity contribution in [3.63, 3.8) is 0 Å². The van der Waals surface area contributed by atoms with Gasteiger partial charge in [-0.05, 0) is 13.1 Å². The van der Waals surface area contributed by atoms with Crippen LogP contribution in [0.3, 0.4) is 0 Å². The number of amides is 1. The van der Waals surface area contributed by atoms with Crippen molar-refractivity contribution in [3.05, 3.63) is 23.9 Å². The molecule has 0 saturated carbocycles. The lowest BCUT2D eigenvalue weighted by atomic mass is 10.2. The molecule has 128 valence electrons. The van der Waals surface area contributed by atoms with Gasteiger partial charge in [-0.15, -0.1) is 0 Å². The Morgan fingerprint density at radius 3 is 2.91 bits per heavy atom. The smallest absolute Gasteiger partial charge is 0.422 e. The summed E-state index contributed by atoms with van der Waals surface area (Å²) in [5, 5.41) is 2.71. The van der Waals surface area contributed by atoms with E-state index in [0.29, 0.717) is 13.2 Å². The highest BCUT2D eigenvalue weighted by molar-refractivity contribution is 5.93. The van der Waals surface area contributed by atoms with E-state index >= 15 is 0 Å². The molecule has 1 aromatic heterocycles. The zero-order chi connectivity index (χ0) is 16.9. The van der Waals surface area contributed by atoms with Gasteiger partial charge in [0.15, 0.2) is 6.61 Å². The van der Waals surface area contributed by atoms with Crippen molar-refractivity contribution in [2.45, 2.75) is 12.3 Å². The fourth-order valence-electron chi connectivity index (χ4n) is 2.05. The number of hydrogen-bond acceptors (Lipinski definition) is 5. The fourth-order valence-corrected chi connectivity index (χ4v) is 2.05. The number of nitrogens with one attached hydrogen (secondary N) is 1. The molecule has 1 aliphatic rings. The molecule has 1 N–H and O–H groups in total.